The van der Waals surface area contributed by atoms with Gasteiger partial charge in [0.2, 0.25) is 17.7 Å². The number of carbonyl (C=O) groups excluding carboxylic acids is 4. The molecule has 0 aliphatic carbocycles. The van der Waals surface area contributed by atoms with E-state index in [1.807, 2.05) is 6.92 Å². The molecule has 35 heavy (non-hydrogen) atoms. The molecule has 1 aromatic carbocycles. The van der Waals surface area contributed by atoms with Crippen LogP contribution in [0, 0.1) is 12.3 Å². The minimum Gasteiger partial charge on any atom is -0.444 e. The van der Waals surface area contributed by atoms with Gasteiger partial charge in [-0.3, -0.25) is 14.4 Å². The fourth-order valence-electron chi connectivity index (χ4n) is 3.46. The van der Waals surface area contributed by atoms with Crippen molar-refractivity contribution in [2.24, 2.45) is 5.73 Å². The van der Waals surface area contributed by atoms with Crippen molar-refractivity contribution in [3.05, 3.63) is 35.4 Å². The number of terminal acetylenes is 1. The summed E-state index contributed by atoms with van der Waals surface area (Å²) >= 11 is 0. The molecule has 0 aliphatic rings. The number of nitrogens with two attached hydrogens (primary N) is 1. The summed E-state index contributed by atoms with van der Waals surface area (Å²) in [6.45, 7) is 9.39. The molecule has 0 aliphatic heterocycles. The van der Waals surface area contributed by atoms with Gasteiger partial charge in [0.15, 0.2) is 0 Å². The normalized spacial score (nSPS) is 12.6. The number of likely N-dealkylation sites (N-methyl/N-ethyl adjacent to an activating group) is 1. The smallest absolute Gasteiger partial charge is 0.408 e. The largest absolute Gasteiger partial charge is 0.444 e. The highest BCUT2D eigenvalue weighted by Crippen LogP contribution is 2.26. The number of hydrogen-bond acceptors (Lipinski definition) is 5. The molecule has 4 N–H and O–H groups in total. The molecule has 0 radical (unpaired) electrons. The van der Waals surface area contributed by atoms with Crippen LogP contribution in [0.15, 0.2) is 24.3 Å². The molecule has 0 saturated carbocycles. The maximum absolute atomic E-state index is 13.7. The van der Waals surface area contributed by atoms with Gasteiger partial charge >= 0.3 is 6.09 Å². The SMILES string of the molecule is C#Cc1ccccc1C(C(=O)NCCCC)N(CC)C(=O)C(CCC(N)=O)NC(=O)OC(C)(C)C. The van der Waals surface area contributed by atoms with E-state index in [2.05, 4.69) is 16.6 Å². The average Bonchev–Trinajstić information content (AvgIpc) is 2.78. The van der Waals surface area contributed by atoms with E-state index >= 15 is 0 Å². The van der Waals surface area contributed by atoms with Crippen LogP contribution in [0.5, 0.6) is 0 Å². The van der Waals surface area contributed by atoms with Crippen molar-refractivity contribution in [1.29, 1.82) is 0 Å². The summed E-state index contributed by atoms with van der Waals surface area (Å²) in [6, 6.07) is 4.72. The summed E-state index contributed by atoms with van der Waals surface area (Å²) in [5, 5.41) is 5.41. The number of benzene rings is 1. The number of hydrogen-bond donors (Lipinski definition) is 3. The Hall–Kier alpha value is -3.54. The molecule has 1 aromatic rings. The van der Waals surface area contributed by atoms with Gasteiger partial charge in [-0.1, -0.05) is 37.5 Å². The van der Waals surface area contributed by atoms with Crippen LogP contribution >= 0.6 is 0 Å². The van der Waals surface area contributed by atoms with Gasteiger partial charge in [0.1, 0.15) is 17.7 Å². The highest BCUT2D eigenvalue weighted by molar-refractivity contribution is 5.92. The Kier molecular flexibility index (Phi) is 11.8. The quantitative estimate of drug-likeness (QED) is 0.309. The minimum atomic E-state index is -1.14. The lowest BCUT2D eigenvalue weighted by atomic mass is 9.97. The van der Waals surface area contributed by atoms with Crippen molar-refractivity contribution >= 4 is 23.8 Å². The predicted molar refractivity (Wildman–Crippen MR) is 134 cm³/mol. The Morgan fingerprint density at radius 1 is 1.17 bits per heavy atom. The van der Waals surface area contributed by atoms with Crippen LogP contribution in [0.2, 0.25) is 0 Å². The zero-order valence-corrected chi connectivity index (χ0v) is 21.3. The van der Waals surface area contributed by atoms with Gasteiger partial charge in [-0.2, -0.15) is 0 Å². The van der Waals surface area contributed by atoms with E-state index in [9.17, 15) is 19.2 Å². The second kappa shape index (κ2) is 14.0. The van der Waals surface area contributed by atoms with Gasteiger partial charge in [0.25, 0.3) is 0 Å². The average molecular weight is 487 g/mol. The molecule has 1 rings (SSSR count). The second-order valence-corrected chi connectivity index (χ2v) is 9.11. The zero-order valence-electron chi connectivity index (χ0n) is 21.3. The third-order valence-corrected chi connectivity index (χ3v) is 5.09. The Bertz CT molecular complexity index is 932. The molecule has 0 fully saturated rings. The lowest BCUT2D eigenvalue weighted by Gasteiger charge is -2.34. The molecule has 2 atom stereocenters. The first-order valence-corrected chi connectivity index (χ1v) is 11.9. The van der Waals surface area contributed by atoms with Gasteiger partial charge in [-0.05, 0) is 52.2 Å². The first-order chi connectivity index (χ1) is 16.4. The highest BCUT2D eigenvalue weighted by atomic mass is 16.6. The maximum atomic E-state index is 13.7. The highest BCUT2D eigenvalue weighted by Gasteiger charge is 2.36. The summed E-state index contributed by atoms with van der Waals surface area (Å²) in [7, 11) is 0. The summed E-state index contributed by atoms with van der Waals surface area (Å²) in [6.07, 6.45) is 6.34. The maximum Gasteiger partial charge on any atom is 0.408 e. The summed E-state index contributed by atoms with van der Waals surface area (Å²) < 4.78 is 5.29. The number of alkyl carbamates (subject to hydrolysis) is 1. The van der Waals surface area contributed by atoms with Crippen LogP contribution in [-0.4, -0.2) is 53.4 Å². The summed E-state index contributed by atoms with van der Waals surface area (Å²) in [5.74, 6) is 1.01. The Morgan fingerprint density at radius 3 is 2.37 bits per heavy atom. The van der Waals surface area contributed by atoms with Crippen molar-refractivity contribution in [2.75, 3.05) is 13.1 Å². The van der Waals surface area contributed by atoms with E-state index in [1.165, 1.54) is 4.90 Å². The molecule has 192 valence electrons. The fourth-order valence-corrected chi connectivity index (χ4v) is 3.46. The van der Waals surface area contributed by atoms with Crippen molar-refractivity contribution in [3.63, 3.8) is 0 Å². The van der Waals surface area contributed by atoms with E-state index in [1.54, 1.807) is 52.0 Å². The van der Waals surface area contributed by atoms with Crippen LogP contribution in [0.4, 0.5) is 4.79 Å². The van der Waals surface area contributed by atoms with Crippen molar-refractivity contribution in [3.8, 4) is 12.3 Å². The molecule has 0 aromatic heterocycles. The van der Waals surface area contributed by atoms with E-state index in [-0.39, 0.29) is 25.3 Å². The Labute approximate surface area is 208 Å². The van der Waals surface area contributed by atoms with Gasteiger partial charge < -0.3 is 26.0 Å². The van der Waals surface area contributed by atoms with E-state index in [4.69, 9.17) is 16.9 Å². The molecule has 4 amide bonds. The summed E-state index contributed by atoms with van der Waals surface area (Å²) in [5.41, 5.74) is 5.47. The number of nitrogens with one attached hydrogen (secondary N) is 2. The molecule has 9 nitrogen and oxygen atoms in total. The molecular formula is C26H38N4O5. The van der Waals surface area contributed by atoms with Crippen LogP contribution in [0.25, 0.3) is 0 Å². The number of ether oxygens (including phenoxy) is 1. The predicted octanol–water partition coefficient (Wildman–Crippen LogP) is 2.63. The van der Waals surface area contributed by atoms with Crippen molar-refractivity contribution in [2.45, 2.75) is 78.0 Å². The van der Waals surface area contributed by atoms with Crippen molar-refractivity contribution in [1.82, 2.24) is 15.5 Å². The second-order valence-electron chi connectivity index (χ2n) is 9.11. The van der Waals surface area contributed by atoms with Crippen molar-refractivity contribution < 1.29 is 23.9 Å². The first kappa shape index (κ1) is 29.5. The van der Waals surface area contributed by atoms with Crippen LogP contribution in [0.3, 0.4) is 0 Å². The third-order valence-electron chi connectivity index (χ3n) is 5.09. The van der Waals surface area contributed by atoms with E-state index in [0.717, 1.165) is 12.8 Å². The minimum absolute atomic E-state index is 0.0507. The van der Waals surface area contributed by atoms with Gasteiger partial charge in [-0.15, -0.1) is 6.42 Å². The zero-order chi connectivity index (χ0) is 26.6. The molecule has 2 unspecified atom stereocenters. The van der Waals surface area contributed by atoms with Gasteiger partial charge in [0.05, 0.1) is 0 Å². The van der Waals surface area contributed by atoms with Gasteiger partial charge in [-0.25, -0.2) is 4.79 Å². The lowest BCUT2D eigenvalue weighted by molar-refractivity contribution is -0.142. The number of rotatable bonds is 12. The number of carbonyl (C=O) groups is 4. The topological polar surface area (TPSA) is 131 Å². The Morgan fingerprint density at radius 2 is 1.83 bits per heavy atom. The molecule has 9 heteroatoms. The number of primary amides is 1. The fraction of sp³-hybridized carbons (Fsp3) is 0.538. The number of unbranched alkanes of at least 4 members (excludes halogenated alkanes) is 1. The van der Waals surface area contributed by atoms with Crippen LogP contribution in [-0.2, 0) is 19.1 Å². The molecular weight excluding hydrogens is 448 g/mol. The first-order valence-electron chi connectivity index (χ1n) is 11.9. The standard InChI is InChI=1S/C26H38N4O5/c1-7-10-17-28-23(32)22(19-14-12-11-13-18(19)8-2)30(9-3)24(33)20(15-16-21(27)31)29-25(34)35-26(4,5)6/h2,11-14,20,22H,7,9-10,15-17H2,1,3-6H3,(H2,27,31)(H,28,32)(H,29,34). The number of nitrogens with zero attached hydrogens (tertiary/aromatic N) is 1. The summed E-state index contributed by atoms with van der Waals surface area (Å²) in [4.78, 5) is 52.3. The monoisotopic (exact) mass is 486 g/mol. The van der Waals surface area contributed by atoms with E-state index in [0.29, 0.717) is 17.7 Å². The molecule has 0 heterocycles. The van der Waals surface area contributed by atoms with Crippen LogP contribution in [0.1, 0.15) is 77.5 Å². The lowest BCUT2D eigenvalue weighted by Crippen LogP contribution is -2.53. The number of amides is 4. The third kappa shape index (κ3) is 9.69. The van der Waals surface area contributed by atoms with Gasteiger partial charge in [0, 0.05) is 25.1 Å². The molecule has 0 bridgehead atoms. The van der Waals surface area contributed by atoms with Crippen LogP contribution < -0.4 is 16.4 Å². The van der Waals surface area contributed by atoms with E-state index < -0.39 is 35.6 Å². The Balaban J connectivity index is 3.40. The molecule has 0 spiro atoms. The molecule has 0 saturated heterocycles.